The highest BCUT2D eigenvalue weighted by atomic mass is 127. The van der Waals surface area contributed by atoms with Crippen molar-refractivity contribution < 1.29 is 8.42 Å². The zero-order valence-electron chi connectivity index (χ0n) is 9.30. The van der Waals surface area contributed by atoms with Gasteiger partial charge >= 0.3 is 0 Å². The van der Waals surface area contributed by atoms with Crippen molar-refractivity contribution in [2.75, 3.05) is 0 Å². The molecular formula is C9H9ClIN3O2S2. The standard InChI is InChI=1S/C9H9ClIN3O2S2/c1-2-3-14-8(6-4-7(11)17-5-6)12-13-9(14)18(10,15)16/h4-5H,2-3H2,1H3. The SMILES string of the molecule is CCCn1c(-c2csc(I)c2)nnc1S(=O)(=O)Cl. The molecule has 9 heteroatoms. The first-order valence-electron chi connectivity index (χ1n) is 5.05. The molecule has 0 saturated heterocycles. The van der Waals surface area contributed by atoms with E-state index >= 15 is 0 Å². The molecule has 0 bridgehead atoms. The second kappa shape index (κ2) is 5.43. The van der Waals surface area contributed by atoms with Crippen molar-refractivity contribution in [2.45, 2.75) is 25.0 Å². The van der Waals surface area contributed by atoms with Crippen LogP contribution in [0.1, 0.15) is 13.3 Å². The summed E-state index contributed by atoms with van der Waals surface area (Å²) in [5.41, 5.74) is 0.858. The Hall–Kier alpha value is -0.190. The average molecular weight is 418 g/mol. The summed E-state index contributed by atoms with van der Waals surface area (Å²) in [4.78, 5) is 0. The molecule has 2 heterocycles. The van der Waals surface area contributed by atoms with Crippen molar-refractivity contribution in [3.05, 3.63) is 14.3 Å². The van der Waals surface area contributed by atoms with Crippen LogP contribution in [0.5, 0.6) is 0 Å². The second-order valence-corrected chi connectivity index (χ2v) is 8.80. The summed E-state index contributed by atoms with van der Waals surface area (Å²) in [6, 6.07) is 1.94. The van der Waals surface area contributed by atoms with Gasteiger partial charge in [0.25, 0.3) is 14.2 Å². The van der Waals surface area contributed by atoms with Gasteiger partial charge < -0.3 is 0 Å². The monoisotopic (exact) mass is 417 g/mol. The first-order valence-corrected chi connectivity index (χ1v) is 9.32. The first-order chi connectivity index (χ1) is 8.43. The number of halogens is 2. The minimum atomic E-state index is -3.87. The van der Waals surface area contributed by atoms with E-state index in [1.807, 2.05) is 18.4 Å². The molecule has 0 atom stereocenters. The lowest BCUT2D eigenvalue weighted by Gasteiger charge is -2.05. The molecular weight excluding hydrogens is 409 g/mol. The van der Waals surface area contributed by atoms with Gasteiger partial charge in [0.15, 0.2) is 5.82 Å². The van der Waals surface area contributed by atoms with Crippen LogP contribution in [0.15, 0.2) is 16.6 Å². The molecule has 0 spiro atoms. The molecule has 98 valence electrons. The van der Waals surface area contributed by atoms with Crippen LogP contribution in [0, 0.1) is 2.88 Å². The summed E-state index contributed by atoms with van der Waals surface area (Å²) in [7, 11) is 1.48. The van der Waals surface area contributed by atoms with Gasteiger partial charge in [-0.15, -0.1) is 21.5 Å². The van der Waals surface area contributed by atoms with Crippen LogP contribution in [-0.2, 0) is 15.6 Å². The highest BCUT2D eigenvalue weighted by molar-refractivity contribution is 14.1. The van der Waals surface area contributed by atoms with Crippen molar-refractivity contribution in [3.63, 3.8) is 0 Å². The Balaban J connectivity index is 2.59. The van der Waals surface area contributed by atoms with Gasteiger partial charge in [0, 0.05) is 28.2 Å². The van der Waals surface area contributed by atoms with Crippen molar-refractivity contribution in [1.29, 1.82) is 0 Å². The van der Waals surface area contributed by atoms with E-state index in [-0.39, 0.29) is 5.16 Å². The van der Waals surface area contributed by atoms with Crippen molar-refractivity contribution in [3.8, 4) is 11.4 Å². The number of thiophene rings is 1. The van der Waals surface area contributed by atoms with Gasteiger partial charge in [-0.05, 0) is 35.1 Å². The second-order valence-electron chi connectivity index (χ2n) is 3.54. The van der Waals surface area contributed by atoms with Crippen LogP contribution in [0.3, 0.4) is 0 Å². The molecule has 0 amide bonds. The Kier molecular flexibility index (Phi) is 4.29. The molecule has 0 saturated carbocycles. The minimum absolute atomic E-state index is 0.192. The van der Waals surface area contributed by atoms with Crippen molar-refractivity contribution >= 4 is 53.7 Å². The Morgan fingerprint density at radius 1 is 1.50 bits per heavy atom. The molecule has 0 aromatic carbocycles. The molecule has 0 aliphatic heterocycles. The van der Waals surface area contributed by atoms with Crippen LogP contribution in [0.25, 0.3) is 11.4 Å². The lowest BCUT2D eigenvalue weighted by molar-refractivity contribution is 0.570. The van der Waals surface area contributed by atoms with E-state index in [4.69, 9.17) is 10.7 Å². The van der Waals surface area contributed by atoms with Crippen LogP contribution >= 0.6 is 44.6 Å². The smallest absolute Gasteiger partial charge is 0.296 e. The van der Waals surface area contributed by atoms with E-state index in [0.717, 1.165) is 14.9 Å². The number of hydrogen-bond donors (Lipinski definition) is 0. The largest absolute Gasteiger partial charge is 0.297 e. The van der Waals surface area contributed by atoms with Gasteiger partial charge in [-0.2, -0.15) is 0 Å². The Morgan fingerprint density at radius 2 is 2.22 bits per heavy atom. The lowest BCUT2D eigenvalue weighted by atomic mass is 10.3. The average Bonchev–Trinajstić information content (AvgIpc) is 2.83. The molecule has 0 aliphatic rings. The molecule has 0 unspecified atom stereocenters. The van der Waals surface area contributed by atoms with E-state index in [2.05, 4.69) is 32.8 Å². The summed E-state index contributed by atoms with van der Waals surface area (Å²) in [6.45, 7) is 2.46. The van der Waals surface area contributed by atoms with Crippen molar-refractivity contribution in [1.82, 2.24) is 14.8 Å². The topological polar surface area (TPSA) is 64.8 Å². The lowest BCUT2D eigenvalue weighted by Crippen LogP contribution is -2.07. The maximum atomic E-state index is 11.4. The van der Waals surface area contributed by atoms with Crippen LogP contribution in [0.4, 0.5) is 0 Å². The summed E-state index contributed by atoms with van der Waals surface area (Å²) < 4.78 is 25.5. The third-order valence-corrected chi connectivity index (χ3v) is 5.15. The number of nitrogens with zero attached hydrogens (tertiary/aromatic N) is 3. The maximum Gasteiger partial charge on any atom is 0.296 e. The normalized spacial score (nSPS) is 11.9. The molecule has 0 fully saturated rings. The summed E-state index contributed by atoms with van der Waals surface area (Å²) in [5, 5.41) is 9.35. The molecule has 2 aromatic rings. The van der Waals surface area contributed by atoms with Crippen LogP contribution in [0.2, 0.25) is 0 Å². The Morgan fingerprint density at radius 3 is 2.72 bits per heavy atom. The minimum Gasteiger partial charge on any atom is -0.297 e. The predicted octanol–water partition coefficient (Wildman–Crippen LogP) is 2.95. The number of hydrogen-bond acceptors (Lipinski definition) is 5. The fraction of sp³-hybridized carbons (Fsp3) is 0.333. The fourth-order valence-electron chi connectivity index (χ4n) is 1.54. The van der Waals surface area contributed by atoms with E-state index in [1.165, 1.54) is 0 Å². The van der Waals surface area contributed by atoms with Gasteiger partial charge in [-0.25, -0.2) is 8.42 Å². The van der Waals surface area contributed by atoms with Crippen LogP contribution in [-0.4, -0.2) is 23.2 Å². The molecule has 0 N–H and O–H groups in total. The summed E-state index contributed by atoms with van der Waals surface area (Å²) in [6.07, 6.45) is 0.770. The predicted molar refractivity (Wildman–Crippen MR) is 79.4 cm³/mol. The maximum absolute atomic E-state index is 11.4. The highest BCUT2D eigenvalue weighted by Gasteiger charge is 2.23. The molecule has 2 aromatic heterocycles. The van der Waals surface area contributed by atoms with Gasteiger partial charge in [0.2, 0.25) is 0 Å². The number of rotatable bonds is 4. The summed E-state index contributed by atoms with van der Waals surface area (Å²) in [5.74, 6) is 0.537. The zero-order valence-corrected chi connectivity index (χ0v) is 13.8. The van der Waals surface area contributed by atoms with Gasteiger partial charge in [-0.1, -0.05) is 6.92 Å². The molecule has 0 aliphatic carbocycles. The molecule has 2 rings (SSSR count). The number of aromatic nitrogens is 3. The Bertz CT molecular complexity index is 665. The fourth-order valence-corrected chi connectivity index (χ4v) is 3.78. The van der Waals surface area contributed by atoms with E-state index in [1.54, 1.807) is 15.9 Å². The third-order valence-electron chi connectivity index (χ3n) is 2.21. The van der Waals surface area contributed by atoms with Gasteiger partial charge in [0.1, 0.15) is 0 Å². The first kappa shape index (κ1) is 14.2. The van der Waals surface area contributed by atoms with E-state index in [0.29, 0.717) is 12.4 Å². The third kappa shape index (κ3) is 2.86. The van der Waals surface area contributed by atoms with Gasteiger partial charge in [-0.3, -0.25) is 4.57 Å². The van der Waals surface area contributed by atoms with Gasteiger partial charge in [0.05, 0.1) is 2.88 Å². The summed E-state index contributed by atoms with van der Waals surface area (Å²) >= 11 is 3.77. The van der Waals surface area contributed by atoms with E-state index in [9.17, 15) is 8.42 Å². The van der Waals surface area contributed by atoms with Crippen molar-refractivity contribution in [2.24, 2.45) is 0 Å². The quantitative estimate of drug-likeness (QED) is 0.567. The molecule has 5 nitrogen and oxygen atoms in total. The molecule has 0 radical (unpaired) electrons. The van der Waals surface area contributed by atoms with Crippen LogP contribution < -0.4 is 0 Å². The molecule has 18 heavy (non-hydrogen) atoms. The Labute approximate surface area is 127 Å². The van der Waals surface area contributed by atoms with E-state index < -0.39 is 9.05 Å². The highest BCUT2D eigenvalue weighted by Crippen LogP contribution is 2.27. The zero-order chi connectivity index (χ0) is 13.3.